The van der Waals surface area contributed by atoms with Crippen molar-refractivity contribution in [2.24, 2.45) is 0 Å². The Hall–Kier alpha value is -2.20. The maximum atomic E-state index is 13.4. The first-order valence-corrected chi connectivity index (χ1v) is 10.9. The molecule has 1 N–H and O–H groups in total. The molecule has 29 heavy (non-hydrogen) atoms. The van der Waals surface area contributed by atoms with Gasteiger partial charge >= 0.3 is 0 Å². The number of benzene rings is 2. The minimum Gasteiger partial charge on any atom is -0.454 e. The van der Waals surface area contributed by atoms with Crippen molar-refractivity contribution in [1.29, 1.82) is 0 Å². The molecule has 0 spiro atoms. The van der Waals surface area contributed by atoms with Gasteiger partial charge in [-0.25, -0.2) is 17.5 Å². The fraction of sp³-hybridized carbons (Fsp3) is 0.400. The van der Waals surface area contributed by atoms with E-state index in [4.69, 9.17) is 14.2 Å². The molecular weight excluding hydrogens is 399 g/mol. The Kier molecular flexibility index (Phi) is 5.73. The molecule has 0 radical (unpaired) electrons. The van der Waals surface area contributed by atoms with Crippen LogP contribution >= 0.6 is 0 Å². The minimum absolute atomic E-state index is 0.0744. The molecular formula is C20H23FN2O5S. The Morgan fingerprint density at radius 2 is 1.86 bits per heavy atom. The van der Waals surface area contributed by atoms with E-state index in [0.717, 1.165) is 11.6 Å². The summed E-state index contributed by atoms with van der Waals surface area (Å²) >= 11 is 0. The first kappa shape index (κ1) is 20.1. The molecule has 0 aromatic heterocycles. The summed E-state index contributed by atoms with van der Waals surface area (Å²) in [6, 6.07) is 9.10. The summed E-state index contributed by atoms with van der Waals surface area (Å²) in [5.41, 5.74) is 1.29. The summed E-state index contributed by atoms with van der Waals surface area (Å²) < 4.78 is 58.1. The van der Waals surface area contributed by atoms with Crippen LogP contribution < -0.4 is 14.2 Å². The van der Waals surface area contributed by atoms with Crippen LogP contribution in [0.1, 0.15) is 17.2 Å². The fourth-order valence-corrected chi connectivity index (χ4v) is 4.91. The number of aryl methyl sites for hydroxylation is 1. The standard InChI is InChI=1S/C20H23FN2O5S/c1-14-10-16(21)3-5-20(14)29(24,25)22-12-17(23-6-8-26-9-7-23)15-2-4-18-19(11-15)28-13-27-18/h2-5,10-11,17,22H,6-9,12-13H2,1H3/t17-/m0/s1. The van der Waals surface area contributed by atoms with Crippen molar-refractivity contribution in [3.05, 3.63) is 53.3 Å². The highest BCUT2D eigenvalue weighted by atomic mass is 32.2. The fourth-order valence-electron chi connectivity index (χ4n) is 3.65. The topological polar surface area (TPSA) is 77.1 Å². The van der Waals surface area contributed by atoms with Gasteiger partial charge in [-0.3, -0.25) is 4.90 Å². The number of morpholine rings is 1. The third-order valence-electron chi connectivity index (χ3n) is 5.16. The SMILES string of the molecule is Cc1cc(F)ccc1S(=O)(=O)NC[C@@H](c1ccc2c(c1)OCO2)N1CCOCC1. The van der Waals surface area contributed by atoms with Gasteiger partial charge in [0.05, 0.1) is 18.1 Å². The van der Waals surface area contributed by atoms with Crippen LogP contribution in [-0.4, -0.2) is 53.0 Å². The molecule has 1 atom stereocenters. The molecule has 1 saturated heterocycles. The van der Waals surface area contributed by atoms with Gasteiger partial charge in [0, 0.05) is 25.7 Å². The van der Waals surface area contributed by atoms with E-state index in [0.29, 0.717) is 43.4 Å². The second kappa shape index (κ2) is 8.27. The van der Waals surface area contributed by atoms with E-state index >= 15 is 0 Å². The van der Waals surface area contributed by atoms with Crippen LogP contribution in [-0.2, 0) is 14.8 Å². The van der Waals surface area contributed by atoms with Crippen LogP contribution in [0, 0.1) is 12.7 Å². The van der Waals surface area contributed by atoms with Crippen molar-refractivity contribution < 1.29 is 27.0 Å². The molecule has 2 aromatic carbocycles. The van der Waals surface area contributed by atoms with E-state index in [9.17, 15) is 12.8 Å². The molecule has 7 nitrogen and oxygen atoms in total. The predicted octanol–water partition coefficient (Wildman–Crippen LogP) is 2.21. The lowest BCUT2D eigenvalue weighted by Crippen LogP contribution is -2.43. The van der Waals surface area contributed by atoms with Crippen molar-refractivity contribution in [2.75, 3.05) is 39.6 Å². The molecule has 2 aliphatic heterocycles. The Morgan fingerprint density at radius 1 is 1.10 bits per heavy atom. The maximum absolute atomic E-state index is 13.4. The number of halogens is 1. The third kappa shape index (κ3) is 4.37. The van der Waals surface area contributed by atoms with E-state index in [2.05, 4.69) is 9.62 Å². The second-order valence-corrected chi connectivity index (χ2v) is 8.77. The number of ether oxygens (including phenoxy) is 3. The molecule has 0 saturated carbocycles. The van der Waals surface area contributed by atoms with E-state index in [1.54, 1.807) is 6.92 Å². The average Bonchev–Trinajstić information content (AvgIpc) is 3.16. The Bertz CT molecular complexity index is 992. The molecule has 0 unspecified atom stereocenters. The zero-order chi connectivity index (χ0) is 20.4. The molecule has 1 fully saturated rings. The lowest BCUT2D eigenvalue weighted by molar-refractivity contribution is 0.0171. The summed E-state index contributed by atoms with van der Waals surface area (Å²) in [6.07, 6.45) is 0. The monoisotopic (exact) mass is 422 g/mol. The third-order valence-corrected chi connectivity index (χ3v) is 6.74. The van der Waals surface area contributed by atoms with E-state index < -0.39 is 15.8 Å². The lowest BCUT2D eigenvalue weighted by atomic mass is 10.0. The number of sulfonamides is 1. The van der Waals surface area contributed by atoms with Gasteiger partial charge < -0.3 is 14.2 Å². The molecule has 156 valence electrons. The first-order valence-electron chi connectivity index (χ1n) is 9.41. The van der Waals surface area contributed by atoms with E-state index in [1.807, 2.05) is 18.2 Å². The number of fused-ring (bicyclic) bond motifs is 1. The summed E-state index contributed by atoms with van der Waals surface area (Å²) in [7, 11) is -3.79. The van der Waals surface area contributed by atoms with Crippen LogP contribution in [0.15, 0.2) is 41.3 Å². The van der Waals surface area contributed by atoms with Gasteiger partial charge in [-0.05, 0) is 48.4 Å². The largest absolute Gasteiger partial charge is 0.454 e. The normalized spacial score (nSPS) is 18.0. The van der Waals surface area contributed by atoms with Crippen molar-refractivity contribution in [3.8, 4) is 11.5 Å². The average molecular weight is 422 g/mol. The van der Waals surface area contributed by atoms with Crippen LogP contribution in [0.25, 0.3) is 0 Å². The maximum Gasteiger partial charge on any atom is 0.240 e. The number of nitrogens with zero attached hydrogens (tertiary/aromatic N) is 1. The molecule has 9 heteroatoms. The van der Waals surface area contributed by atoms with Crippen LogP contribution in [0.5, 0.6) is 11.5 Å². The molecule has 0 amide bonds. The first-order chi connectivity index (χ1) is 13.9. The van der Waals surface area contributed by atoms with Crippen molar-refractivity contribution >= 4 is 10.0 Å². The zero-order valence-corrected chi connectivity index (χ0v) is 16.9. The molecule has 2 aliphatic rings. The van der Waals surface area contributed by atoms with E-state index in [1.165, 1.54) is 12.1 Å². The smallest absolute Gasteiger partial charge is 0.240 e. The minimum atomic E-state index is -3.79. The zero-order valence-electron chi connectivity index (χ0n) is 16.1. The summed E-state index contributed by atoms with van der Waals surface area (Å²) in [4.78, 5) is 2.26. The van der Waals surface area contributed by atoms with Crippen LogP contribution in [0.2, 0.25) is 0 Å². The highest BCUT2D eigenvalue weighted by Gasteiger charge is 2.27. The van der Waals surface area contributed by atoms with Gasteiger partial charge in [0.15, 0.2) is 11.5 Å². The molecule has 4 rings (SSSR count). The Morgan fingerprint density at radius 3 is 2.62 bits per heavy atom. The summed E-state index contributed by atoms with van der Waals surface area (Å²) in [5, 5.41) is 0. The van der Waals surface area contributed by atoms with Gasteiger partial charge in [-0.2, -0.15) is 0 Å². The number of hydrogen-bond acceptors (Lipinski definition) is 6. The number of nitrogens with one attached hydrogen (secondary N) is 1. The van der Waals surface area contributed by atoms with Gasteiger partial charge in [0.2, 0.25) is 16.8 Å². The predicted molar refractivity (Wildman–Crippen MR) is 104 cm³/mol. The summed E-state index contributed by atoms with van der Waals surface area (Å²) in [5.74, 6) is 0.864. The molecule has 0 bridgehead atoms. The molecule has 2 heterocycles. The van der Waals surface area contributed by atoms with Crippen LogP contribution in [0.3, 0.4) is 0 Å². The van der Waals surface area contributed by atoms with Crippen molar-refractivity contribution in [3.63, 3.8) is 0 Å². The highest BCUT2D eigenvalue weighted by molar-refractivity contribution is 7.89. The second-order valence-electron chi connectivity index (χ2n) is 7.04. The molecule has 2 aromatic rings. The van der Waals surface area contributed by atoms with Gasteiger partial charge in [-0.15, -0.1) is 0 Å². The Labute approximate surface area is 169 Å². The summed E-state index contributed by atoms with van der Waals surface area (Å²) in [6.45, 7) is 4.48. The quantitative estimate of drug-likeness (QED) is 0.769. The molecule has 0 aliphatic carbocycles. The highest BCUT2D eigenvalue weighted by Crippen LogP contribution is 2.35. The van der Waals surface area contributed by atoms with Gasteiger partial charge in [0.1, 0.15) is 5.82 Å². The number of hydrogen-bond donors (Lipinski definition) is 1. The van der Waals surface area contributed by atoms with Gasteiger partial charge in [0.25, 0.3) is 0 Å². The van der Waals surface area contributed by atoms with Crippen LogP contribution in [0.4, 0.5) is 4.39 Å². The number of rotatable bonds is 6. The van der Waals surface area contributed by atoms with E-state index in [-0.39, 0.29) is 24.3 Å². The van der Waals surface area contributed by atoms with Crippen molar-refractivity contribution in [2.45, 2.75) is 17.9 Å². The van der Waals surface area contributed by atoms with Crippen molar-refractivity contribution in [1.82, 2.24) is 9.62 Å². The van der Waals surface area contributed by atoms with Gasteiger partial charge in [-0.1, -0.05) is 6.07 Å². The Balaban J connectivity index is 1.58. The lowest BCUT2D eigenvalue weighted by Gasteiger charge is -2.35.